The van der Waals surface area contributed by atoms with E-state index in [1.54, 1.807) is 0 Å². The van der Waals surface area contributed by atoms with Crippen molar-refractivity contribution in [3.63, 3.8) is 0 Å². The SMILES string of the molecule is CC1(C)OB(c2cnc(-c3cnn(C4CCCCO4)c3)c3[nH]ccc23)OC1(C)C. The van der Waals surface area contributed by atoms with Gasteiger partial charge >= 0.3 is 7.12 Å². The molecule has 5 rings (SSSR count). The predicted octanol–water partition coefficient (Wildman–Crippen LogP) is 3.42. The second-order valence-electron chi connectivity index (χ2n) is 8.95. The molecule has 7 nitrogen and oxygen atoms in total. The van der Waals surface area contributed by atoms with Gasteiger partial charge in [-0.25, -0.2) is 4.68 Å². The fraction of sp³-hybridized carbons (Fsp3) is 0.524. The highest BCUT2D eigenvalue weighted by Gasteiger charge is 2.52. The lowest BCUT2D eigenvalue weighted by atomic mass is 9.78. The Balaban J connectivity index is 1.50. The zero-order valence-corrected chi connectivity index (χ0v) is 17.4. The molecule has 1 atom stereocenters. The topological polar surface area (TPSA) is 74.2 Å². The largest absolute Gasteiger partial charge is 0.497 e. The first-order valence-electron chi connectivity index (χ1n) is 10.3. The van der Waals surface area contributed by atoms with Gasteiger partial charge in [-0.05, 0) is 53.0 Å². The highest BCUT2D eigenvalue weighted by Crippen LogP contribution is 2.37. The third-order valence-electron chi connectivity index (χ3n) is 6.46. The molecule has 152 valence electrons. The average molecular weight is 394 g/mol. The van der Waals surface area contributed by atoms with E-state index >= 15 is 0 Å². The van der Waals surface area contributed by atoms with Crippen molar-refractivity contribution in [2.24, 2.45) is 0 Å². The molecule has 0 spiro atoms. The van der Waals surface area contributed by atoms with Crippen LogP contribution in [0.3, 0.4) is 0 Å². The van der Waals surface area contributed by atoms with Crippen LogP contribution in [0.2, 0.25) is 0 Å². The summed E-state index contributed by atoms with van der Waals surface area (Å²) in [4.78, 5) is 8.10. The first-order valence-corrected chi connectivity index (χ1v) is 10.3. The van der Waals surface area contributed by atoms with Crippen molar-refractivity contribution < 1.29 is 14.0 Å². The Labute approximate surface area is 170 Å². The number of ether oxygens (including phenoxy) is 1. The van der Waals surface area contributed by atoms with Crippen molar-refractivity contribution in [3.8, 4) is 11.3 Å². The number of hydrogen-bond donors (Lipinski definition) is 1. The summed E-state index contributed by atoms with van der Waals surface area (Å²) in [5, 5.41) is 5.58. The van der Waals surface area contributed by atoms with Crippen LogP contribution < -0.4 is 5.46 Å². The second kappa shape index (κ2) is 6.69. The molecule has 3 aromatic heterocycles. The maximum Gasteiger partial charge on any atom is 0.497 e. The third-order valence-corrected chi connectivity index (χ3v) is 6.46. The molecule has 2 saturated heterocycles. The Bertz CT molecular complexity index is 1020. The lowest BCUT2D eigenvalue weighted by molar-refractivity contribution is -0.0394. The number of pyridine rings is 1. The summed E-state index contributed by atoms with van der Waals surface area (Å²) in [5.41, 5.74) is 2.95. The van der Waals surface area contributed by atoms with Gasteiger partial charge in [0.25, 0.3) is 0 Å². The Morgan fingerprint density at radius 2 is 1.93 bits per heavy atom. The summed E-state index contributed by atoms with van der Waals surface area (Å²) >= 11 is 0. The minimum absolute atomic E-state index is 0.0145. The van der Waals surface area contributed by atoms with Gasteiger partial charge in [-0.1, -0.05) is 0 Å². The van der Waals surface area contributed by atoms with E-state index in [0.29, 0.717) is 0 Å². The lowest BCUT2D eigenvalue weighted by Gasteiger charge is -2.32. The van der Waals surface area contributed by atoms with Crippen LogP contribution in [0.15, 0.2) is 30.9 Å². The predicted molar refractivity (Wildman–Crippen MR) is 112 cm³/mol. The summed E-state index contributed by atoms with van der Waals surface area (Å²) in [7, 11) is -0.446. The molecule has 29 heavy (non-hydrogen) atoms. The maximum atomic E-state index is 6.25. The number of H-pyrrole nitrogens is 1. The molecule has 2 fully saturated rings. The molecule has 3 aromatic rings. The molecular formula is C21H27BN4O3. The molecule has 0 amide bonds. The van der Waals surface area contributed by atoms with Gasteiger partial charge in [-0.15, -0.1) is 0 Å². The van der Waals surface area contributed by atoms with Crippen LogP contribution in [-0.2, 0) is 14.0 Å². The van der Waals surface area contributed by atoms with E-state index in [1.807, 2.05) is 29.5 Å². The number of aromatic nitrogens is 4. The number of rotatable bonds is 3. The normalized spacial score (nSPS) is 23.7. The van der Waals surface area contributed by atoms with Crippen LogP contribution >= 0.6 is 0 Å². The van der Waals surface area contributed by atoms with E-state index in [-0.39, 0.29) is 17.4 Å². The molecule has 0 aromatic carbocycles. The Morgan fingerprint density at radius 3 is 2.66 bits per heavy atom. The van der Waals surface area contributed by atoms with Gasteiger partial charge in [0.1, 0.15) is 6.23 Å². The van der Waals surface area contributed by atoms with Gasteiger partial charge in [0.05, 0.1) is 28.6 Å². The zero-order chi connectivity index (χ0) is 20.2. The quantitative estimate of drug-likeness (QED) is 0.689. The molecule has 2 aliphatic heterocycles. The molecule has 0 bridgehead atoms. The van der Waals surface area contributed by atoms with Crippen LogP contribution in [0.4, 0.5) is 0 Å². The minimum Gasteiger partial charge on any atom is -0.399 e. The number of hydrogen-bond acceptors (Lipinski definition) is 5. The van der Waals surface area contributed by atoms with Crippen LogP contribution in [-0.4, -0.2) is 44.7 Å². The Morgan fingerprint density at radius 1 is 1.14 bits per heavy atom. The smallest absolute Gasteiger partial charge is 0.399 e. The molecule has 8 heteroatoms. The molecule has 1 N–H and O–H groups in total. The molecular weight excluding hydrogens is 367 g/mol. The van der Waals surface area contributed by atoms with E-state index < -0.39 is 7.12 Å². The first kappa shape index (κ1) is 18.8. The fourth-order valence-electron chi connectivity index (χ4n) is 4.00. The third kappa shape index (κ3) is 3.10. The van der Waals surface area contributed by atoms with E-state index in [0.717, 1.165) is 47.1 Å². The maximum absolute atomic E-state index is 6.25. The lowest BCUT2D eigenvalue weighted by Crippen LogP contribution is -2.41. The van der Waals surface area contributed by atoms with Crippen molar-refractivity contribution in [2.75, 3.05) is 6.61 Å². The second-order valence-corrected chi connectivity index (χ2v) is 8.95. The van der Waals surface area contributed by atoms with Gasteiger partial charge in [-0.3, -0.25) is 4.98 Å². The zero-order valence-electron chi connectivity index (χ0n) is 17.4. The van der Waals surface area contributed by atoms with Crippen molar-refractivity contribution in [1.82, 2.24) is 19.7 Å². The number of fused-ring (bicyclic) bond motifs is 1. The molecule has 0 aliphatic carbocycles. The van der Waals surface area contributed by atoms with Crippen molar-refractivity contribution in [2.45, 2.75) is 64.4 Å². The van der Waals surface area contributed by atoms with Crippen molar-refractivity contribution in [1.29, 1.82) is 0 Å². The summed E-state index contributed by atoms with van der Waals surface area (Å²) in [6, 6.07) is 2.05. The van der Waals surface area contributed by atoms with E-state index in [9.17, 15) is 0 Å². The fourth-order valence-corrected chi connectivity index (χ4v) is 4.00. The number of aromatic amines is 1. The van der Waals surface area contributed by atoms with Crippen molar-refractivity contribution in [3.05, 3.63) is 30.9 Å². The van der Waals surface area contributed by atoms with Gasteiger partial charge in [0.15, 0.2) is 0 Å². The van der Waals surface area contributed by atoms with Gasteiger partial charge < -0.3 is 19.0 Å². The highest BCUT2D eigenvalue weighted by atomic mass is 16.7. The Kier molecular flexibility index (Phi) is 4.35. The first-order chi connectivity index (χ1) is 13.9. The van der Waals surface area contributed by atoms with E-state index in [2.05, 4.69) is 43.8 Å². The van der Waals surface area contributed by atoms with Crippen LogP contribution in [0.1, 0.15) is 53.2 Å². The monoisotopic (exact) mass is 394 g/mol. The van der Waals surface area contributed by atoms with Gasteiger partial charge in [-0.2, -0.15) is 5.10 Å². The van der Waals surface area contributed by atoms with Crippen LogP contribution in [0.5, 0.6) is 0 Å². The van der Waals surface area contributed by atoms with Crippen molar-refractivity contribution >= 4 is 23.5 Å². The standard InChI is InChI=1S/C21H27BN4O3/c1-20(2)21(3,4)29-22(28-20)16-12-24-18(19-15(16)8-9-23-19)14-11-25-26(13-14)17-7-5-6-10-27-17/h8-9,11-13,17,23H,5-7,10H2,1-4H3. The highest BCUT2D eigenvalue weighted by molar-refractivity contribution is 6.65. The number of nitrogens with one attached hydrogen (secondary N) is 1. The summed E-state index contributed by atoms with van der Waals surface area (Å²) < 4.78 is 20.3. The van der Waals surface area contributed by atoms with Gasteiger partial charge in [0.2, 0.25) is 0 Å². The van der Waals surface area contributed by atoms with E-state index in [1.165, 1.54) is 6.42 Å². The molecule has 1 unspecified atom stereocenters. The van der Waals surface area contributed by atoms with Crippen LogP contribution in [0.25, 0.3) is 22.2 Å². The van der Waals surface area contributed by atoms with Gasteiger partial charge in [0, 0.05) is 41.6 Å². The summed E-state index contributed by atoms with van der Waals surface area (Å²) in [5.74, 6) is 0. The molecule has 5 heterocycles. The molecule has 0 radical (unpaired) electrons. The average Bonchev–Trinajstić information content (AvgIpc) is 3.40. The summed E-state index contributed by atoms with van der Waals surface area (Å²) in [6.07, 6.45) is 11.0. The minimum atomic E-state index is -0.446. The summed E-state index contributed by atoms with van der Waals surface area (Å²) in [6.45, 7) is 9.03. The number of nitrogens with zero attached hydrogens (tertiary/aromatic N) is 3. The van der Waals surface area contributed by atoms with E-state index in [4.69, 9.17) is 19.0 Å². The Hall–Kier alpha value is -2.16. The van der Waals surface area contributed by atoms with Crippen LogP contribution in [0, 0.1) is 0 Å². The molecule has 0 saturated carbocycles. The molecule has 2 aliphatic rings.